The van der Waals surface area contributed by atoms with Crippen molar-refractivity contribution in [3.05, 3.63) is 0 Å². The molecule has 0 amide bonds. The van der Waals surface area contributed by atoms with Crippen LogP contribution in [0.5, 0.6) is 0 Å². The maximum atomic E-state index is 12.0. The van der Waals surface area contributed by atoms with E-state index in [1.165, 1.54) is 12.8 Å². The quantitative estimate of drug-likeness (QED) is 0.755. The summed E-state index contributed by atoms with van der Waals surface area (Å²) in [6.45, 7) is 5.75. The number of hydrogen-bond acceptors (Lipinski definition) is 3. The first-order valence-corrected chi connectivity index (χ1v) is 7.49. The van der Waals surface area contributed by atoms with Crippen LogP contribution in [0.15, 0.2) is 0 Å². The fourth-order valence-corrected chi connectivity index (χ4v) is 3.84. The van der Waals surface area contributed by atoms with Crippen molar-refractivity contribution in [2.75, 3.05) is 12.8 Å². The molecule has 1 aliphatic rings. The van der Waals surface area contributed by atoms with Crippen molar-refractivity contribution < 1.29 is 8.42 Å². The number of sulfone groups is 1. The Bertz CT molecular complexity index is 294. The van der Waals surface area contributed by atoms with Crippen LogP contribution in [0.3, 0.4) is 0 Å². The van der Waals surface area contributed by atoms with Gasteiger partial charge in [0.15, 0.2) is 9.84 Å². The van der Waals surface area contributed by atoms with Gasteiger partial charge in [0.1, 0.15) is 0 Å². The zero-order chi connectivity index (χ0) is 11.6. The van der Waals surface area contributed by atoms with E-state index in [0.29, 0.717) is 11.7 Å². The lowest BCUT2D eigenvalue weighted by Crippen LogP contribution is -2.39. The van der Waals surface area contributed by atoms with Crippen molar-refractivity contribution in [1.82, 2.24) is 5.32 Å². The molecular weight excluding hydrogens is 210 g/mol. The van der Waals surface area contributed by atoms with E-state index in [4.69, 9.17) is 0 Å². The molecule has 3 nitrogen and oxygen atoms in total. The molecule has 0 radical (unpaired) electrons. The van der Waals surface area contributed by atoms with Crippen molar-refractivity contribution in [1.29, 1.82) is 0 Å². The maximum Gasteiger partial charge on any atom is 0.154 e. The van der Waals surface area contributed by atoms with Gasteiger partial charge < -0.3 is 5.32 Å². The molecular formula is C11H23NO2S. The zero-order valence-corrected chi connectivity index (χ0v) is 11.0. The Morgan fingerprint density at radius 2 is 1.80 bits per heavy atom. The van der Waals surface area contributed by atoms with Gasteiger partial charge >= 0.3 is 0 Å². The van der Waals surface area contributed by atoms with E-state index < -0.39 is 9.84 Å². The number of hydrogen-bond donors (Lipinski definition) is 1. The van der Waals surface area contributed by atoms with E-state index in [2.05, 4.69) is 5.32 Å². The van der Waals surface area contributed by atoms with Gasteiger partial charge in [-0.3, -0.25) is 0 Å². The molecule has 15 heavy (non-hydrogen) atoms. The van der Waals surface area contributed by atoms with Crippen LogP contribution in [-0.4, -0.2) is 32.5 Å². The smallest absolute Gasteiger partial charge is 0.154 e. The van der Waals surface area contributed by atoms with Crippen LogP contribution >= 0.6 is 0 Å². The lowest BCUT2D eigenvalue weighted by molar-refractivity contribution is 0.507. The van der Waals surface area contributed by atoms with E-state index >= 15 is 0 Å². The highest BCUT2D eigenvalue weighted by Gasteiger charge is 2.35. The van der Waals surface area contributed by atoms with Crippen molar-refractivity contribution in [2.45, 2.75) is 44.9 Å². The van der Waals surface area contributed by atoms with Crippen molar-refractivity contribution in [2.24, 2.45) is 11.8 Å². The highest BCUT2D eigenvalue weighted by Crippen LogP contribution is 2.33. The minimum atomic E-state index is -2.94. The molecule has 4 heteroatoms. The first-order valence-electron chi connectivity index (χ1n) is 5.77. The molecule has 1 N–H and O–H groups in total. The standard InChI is InChI=1S/C11H23NO2S/c1-8(2)9(3)15(13,14)7-11(12-4)10-5-6-10/h8-12H,5-7H2,1-4H3. The van der Waals surface area contributed by atoms with Gasteiger partial charge in [-0.2, -0.15) is 0 Å². The molecule has 1 rings (SSSR count). The second-order valence-corrected chi connectivity index (χ2v) is 7.41. The van der Waals surface area contributed by atoms with Crippen LogP contribution < -0.4 is 5.32 Å². The predicted molar refractivity (Wildman–Crippen MR) is 63.7 cm³/mol. The molecule has 0 aromatic heterocycles. The van der Waals surface area contributed by atoms with E-state index in [0.717, 1.165) is 0 Å². The summed E-state index contributed by atoms with van der Waals surface area (Å²) in [5, 5.41) is 2.91. The van der Waals surface area contributed by atoms with Crippen molar-refractivity contribution >= 4 is 9.84 Å². The Hall–Kier alpha value is -0.0900. The molecule has 0 aromatic rings. The molecule has 1 aliphatic carbocycles. The average Bonchev–Trinajstić information content (AvgIpc) is 2.96. The Balaban J connectivity index is 2.61. The summed E-state index contributed by atoms with van der Waals surface area (Å²) in [5.74, 6) is 1.09. The SMILES string of the molecule is CNC(CS(=O)(=O)C(C)C(C)C)C1CC1. The molecule has 0 bridgehead atoms. The summed E-state index contributed by atoms with van der Waals surface area (Å²) in [7, 11) is -1.08. The molecule has 90 valence electrons. The number of rotatable bonds is 6. The lowest BCUT2D eigenvalue weighted by atomic mass is 10.2. The van der Waals surface area contributed by atoms with Gasteiger partial charge in [-0.25, -0.2) is 8.42 Å². The highest BCUT2D eigenvalue weighted by atomic mass is 32.2. The van der Waals surface area contributed by atoms with Crippen LogP contribution in [0, 0.1) is 11.8 Å². The average molecular weight is 233 g/mol. The van der Waals surface area contributed by atoms with Crippen molar-refractivity contribution in [3.8, 4) is 0 Å². The van der Waals surface area contributed by atoms with Gasteiger partial charge in [-0.1, -0.05) is 13.8 Å². The second-order valence-electron chi connectivity index (χ2n) is 5.01. The number of nitrogens with one attached hydrogen (secondary N) is 1. The molecule has 0 spiro atoms. The van der Waals surface area contributed by atoms with E-state index in [1.54, 1.807) is 0 Å². The maximum absolute atomic E-state index is 12.0. The first-order chi connectivity index (χ1) is 6.88. The van der Waals surface area contributed by atoms with Crippen LogP contribution in [0.2, 0.25) is 0 Å². The third-order valence-electron chi connectivity index (χ3n) is 3.48. The fourth-order valence-electron chi connectivity index (χ4n) is 1.77. The lowest BCUT2D eigenvalue weighted by Gasteiger charge is -2.21. The minimum Gasteiger partial charge on any atom is -0.316 e. The Kier molecular flexibility index (Phi) is 4.18. The fraction of sp³-hybridized carbons (Fsp3) is 1.00. The molecule has 0 saturated heterocycles. The third-order valence-corrected chi connectivity index (χ3v) is 5.98. The molecule has 2 atom stereocenters. The molecule has 0 aliphatic heterocycles. The van der Waals surface area contributed by atoms with Gasteiger partial charge in [-0.05, 0) is 38.6 Å². The van der Waals surface area contributed by atoms with Crippen LogP contribution in [0.1, 0.15) is 33.6 Å². The minimum absolute atomic E-state index is 0.163. The van der Waals surface area contributed by atoms with Gasteiger partial charge in [0.25, 0.3) is 0 Å². The largest absolute Gasteiger partial charge is 0.316 e. The summed E-state index contributed by atoms with van der Waals surface area (Å²) in [6, 6.07) is 0.163. The normalized spacial score (nSPS) is 21.7. The van der Waals surface area contributed by atoms with Gasteiger partial charge in [0, 0.05) is 6.04 Å². The first kappa shape index (κ1) is 13.0. The summed E-state index contributed by atoms with van der Waals surface area (Å²) in [5.41, 5.74) is 0. The molecule has 0 aromatic carbocycles. The summed E-state index contributed by atoms with van der Waals surface area (Å²) in [6.07, 6.45) is 2.36. The van der Waals surface area contributed by atoms with Crippen LogP contribution in [-0.2, 0) is 9.84 Å². The van der Waals surface area contributed by atoms with E-state index in [9.17, 15) is 8.42 Å². The molecule has 1 fully saturated rings. The Labute approximate surface area is 93.6 Å². The van der Waals surface area contributed by atoms with E-state index in [-0.39, 0.29) is 17.2 Å². The predicted octanol–water partition coefficient (Wildman–Crippen LogP) is 1.44. The Morgan fingerprint density at radius 3 is 2.13 bits per heavy atom. The van der Waals surface area contributed by atoms with E-state index in [1.807, 2.05) is 27.8 Å². The molecule has 2 unspecified atom stereocenters. The monoisotopic (exact) mass is 233 g/mol. The van der Waals surface area contributed by atoms with Gasteiger partial charge in [0.05, 0.1) is 11.0 Å². The molecule has 1 saturated carbocycles. The zero-order valence-electron chi connectivity index (χ0n) is 10.2. The summed E-state index contributed by atoms with van der Waals surface area (Å²) in [4.78, 5) is 0. The highest BCUT2D eigenvalue weighted by molar-refractivity contribution is 7.92. The summed E-state index contributed by atoms with van der Waals surface area (Å²) < 4.78 is 24.1. The topological polar surface area (TPSA) is 46.2 Å². The van der Waals surface area contributed by atoms with Crippen LogP contribution in [0.25, 0.3) is 0 Å². The van der Waals surface area contributed by atoms with Gasteiger partial charge in [-0.15, -0.1) is 0 Å². The van der Waals surface area contributed by atoms with Crippen molar-refractivity contribution in [3.63, 3.8) is 0 Å². The Morgan fingerprint density at radius 1 is 1.27 bits per heavy atom. The summed E-state index contributed by atoms with van der Waals surface area (Å²) >= 11 is 0. The van der Waals surface area contributed by atoms with Crippen LogP contribution in [0.4, 0.5) is 0 Å². The third kappa shape index (κ3) is 3.45. The van der Waals surface area contributed by atoms with Gasteiger partial charge in [0.2, 0.25) is 0 Å². The molecule has 0 heterocycles. The second kappa shape index (κ2) is 4.83.